The molecule has 1 amide bonds. The molecule has 0 bridgehead atoms. The van der Waals surface area contributed by atoms with Crippen molar-refractivity contribution in [2.24, 2.45) is 0 Å². The predicted molar refractivity (Wildman–Crippen MR) is 80.9 cm³/mol. The maximum absolute atomic E-state index is 12.0. The average Bonchev–Trinajstić information content (AvgIpc) is 2.54. The molecule has 0 saturated heterocycles. The number of anilines is 1. The lowest BCUT2D eigenvalue weighted by Gasteiger charge is -2.13. The van der Waals surface area contributed by atoms with E-state index < -0.39 is 18.6 Å². The first-order valence-electron chi connectivity index (χ1n) is 6.87. The van der Waals surface area contributed by atoms with Crippen molar-refractivity contribution in [3.63, 3.8) is 0 Å². The highest BCUT2D eigenvalue weighted by molar-refractivity contribution is 5.78. The van der Waals surface area contributed by atoms with Gasteiger partial charge >= 0.3 is 6.61 Å². The SMILES string of the molecule is O=C(CC(O)c1ccccc1)NNc1ccc(OC(F)F)cc1. The number of hydrogen-bond acceptors (Lipinski definition) is 4. The number of halogens is 2. The molecular formula is C16H16F2N2O3. The molecule has 0 aromatic heterocycles. The molecule has 0 aliphatic rings. The van der Waals surface area contributed by atoms with Gasteiger partial charge in [-0.3, -0.25) is 15.6 Å². The summed E-state index contributed by atoms with van der Waals surface area (Å²) in [5.41, 5.74) is 6.19. The molecule has 23 heavy (non-hydrogen) atoms. The molecule has 2 aromatic carbocycles. The Balaban J connectivity index is 1.80. The van der Waals surface area contributed by atoms with Crippen LogP contribution >= 0.6 is 0 Å². The first-order valence-corrected chi connectivity index (χ1v) is 6.87. The molecule has 1 unspecified atom stereocenters. The number of carbonyl (C=O) groups is 1. The summed E-state index contributed by atoms with van der Waals surface area (Å²) in [6, 6.07) is 14.5. The van der Waals surface area contributed by atoms with Crippen molar-refractivity contribution in [2.45, 2.75) is 19.1 Å². The molecule has 2 rings (SSSR count). The molecule has 7 heteroatoms. The monoisotopic (exact) mass is 322 g/mol. The van der Waals surface area contributed by atoms with Gasteiger partial charge in [0.25, 0.3) is 0 Å². The van der Waals surface area contributed by atoms with Gasteiger partial charge in [0, 0.05) is 0 Å². The van der Waals surface area contributed by atoms with E-state index in [0.29, 0.717) is 11.3 Å². The first-order chi connectivity index (χ1) is 11.0. The smallest absolute Gasteiger partial charge is 0.387 e. The highest BCUT2D eigenvalue weighted by Crippen LogP contribution is 2.18. The minimum absolute atomic E-state index is 0.0244. The van der Waals surface area contributed by atoms with Crippen LogP contribution < -0.4 is 15.6 Å². The van der Waals surface area contributed by atoms with Gasteiger partial charge in [-0.25, -0.2) is 0 Å². The number of carbonyl (C=O) groups excluding carboxylic acids is 1. The molecule has 0 saturated carbocycles. The van der Waals surface area contributed by atoms with Gasteiger partial charge in [0.2, 0.25) is 5.91 Å². The lowest BCUT2D eigenvalue weighted by Crippen LogP contribution is -2.30. The number of ether oxygens (including phenoxy) is 1. The highest BCUT2D eigenvalue weighted by atomic mass is 19.3. The molecule has 122 valence electrons. The number of alkyl halides is 2. The van der Waals surface area contributed by atoms with Gasteiger partial charge in [0.05, 0.1) is 18.2 Å². The number of amides is 1. The fraction of sp³-hybridized carbons (Fsp3) is 0.188. The zero-order chi connectivity index (χ0) is 16.7. The number of benzene rings is 2. The summed E-state index contributed by atoms with van der Waals surface area (Å²) in [5, 5.41) is 9.93. The molecule has 0 aliphatic carbocycles. The van der Waals surface area contributed by atoms with Gasteiger partial charge in [-0.05, 0) is 29.8 Å². The minimum Gasteiger partial charge on any atom is -0.435 e. The third-order valence-corrected chi connectivity index (χ3v) is 2.99. The van der Waals surface area contributed by atoms with E-state index in [1.54, 1.807) is 24.3 Å². The van der Waals surface area contributed by atoms with E-state index in [-0.39, 0.29) is 12.2 Å². The van der Waals surface area contributed by atoms with Gasteiger partial charge in [0.1, 0.15) is 5.75 Å². The van der Waals surface area contributed by atoms with Crippen molar-refractivity contribution in [1.29, 1.82) is 0 Å². The third kappa shape index (κ3) is 5.55. The van der Waals surface area contributed by atoms with Gasteiger partial charge in [-0.2, -0.15) is 8.78 Å². The number of aliphatic hydroxyl groups is 1. The quantitative estimate of drug-likeness (QED) is 0.686. The van der Waals surface area contributed by atoms with Crippen LogP contribution in [0.25, 0.3) is 0 Å². The molecule has 3 N–H and O–H groups in total. The molecule has 5 nitrogen and oxygen atoms in total. The average molecular weight is 322 g/mol. The maximum atomic E-state index is 12.0. The van der Waals surface area contributed by atoms with E-state index in [0.717, 1.165) is 0 Å². The number of aliphatic hydroxyl groups excluding tert-OH is 1. The second kappa shape index (κ2) is 8.09. The van der Waals surface area contributed by atoms with E-state index in [9.17, 15) is 18.7 Å². The van der Waals surface area contributed by atoms with E-state index in [1.165, 1.54) is 24.3 Å². The summed E-state index contributed by atoms with van der Waals surface area (Å²) < 4.78 is 28.3. The Bertz CT molecular complexity index is 621. The van der Waals surface area contributed by atoms with Crippen LogP contribution in [0.3, 0.4) is 0 Å². The topological polar surface area (TPSA) is 70.6 Å². The number of hydrazine groups is 1. The Morgan fingerprint density at radius 2 is 1.74 bits per heavy atom. The molecule has 1 atom stereocenters. The maximum Gasteiger partial charge on any atom is 0.387 e. The second-order valence-electron chi connectivity index (χ2n) is 4.71. The fourth-order valence-corrected chi connectivity index (χ4v) is 1.88. The van der Waals surface area contributed by atoms with E-state index in [4.69, 9.17) is 0 Å². The Morgan fingerprint density at radius 1 is 1.09 bits per heavy atom. The predicted octanol–water partition coefficient (Wildman–Crippen LogP) is 2.85. The van der Waals surface area contributed by atoms with E-state index in [1.807, 2.05) is 6.07 Å². The van der Waals surface area contributed by atoms with E-state index >= 15 is 0 Å². The largest absolute Gasteiger partial charge is 0.435 e. The van der Waals surface area contributed by atoms with Crippen molar-refractivity contribution >= 4 is 11.6 Å². The third-order valence-electron chi connectivity index (χ3n) is 2.99. The zero-order valence-corrected chi connectivity index (χ0v) is 12.1. The van der Waals surface area contributed by atoms with Crippen molar-refractivity contribution in [2.75, 3.05) is 5.43 Å². The molecule has 0 radical (unpaired) electrons. The van der Waals surface area contributed by atoms with Gasteiger partial charge in [-0.15, -0.1) is 0 Å². The Hall–Kier alpha value is -2.67. The standard InChI is InChI=1S/C16H16F2N2O3/c17-16(18)23-13-8-6-12(7-9-13)19-20-15(22)10-14(21)11-4-2-1-3-5-11/h1-9,14,16,19,21H,10H2,(H,20,22). The van der Waals surface area contributed by atoms with Crippen LogP contribution in [-0.2, 0) is 4.79 Å². The summed E-state index contributed by atoms with van der Waals surface area (Å²) in [4.78, 5) is 11.8. The second-order valence-corrected chi connectivity index (χ2v) is 4.71. The summed E-state index contributed by atoms with van der Waals surface area (Å²) in [5.74, 6) is -0.384. The highest BCUT2D eigenvalue weighted by Gasteiger charge is 2.12. The fourth-order valence-electron chi connectivity index (χ4n) is 1.88. The van der Waals surface area contributed by atoms with E-state index in [2.05, 4.69) is 15.6 Å². The summed E-state index contributed by atoms with van der Waals surface area (Å²) in [6.45, 7) is -2.88. The molecule has 0 spiro atoms. The van der Waals surface area contributed by atoms with Crippen molar-refractivity contribution in [1.82, 2.24) is 5.43 Å². The van der Waals surface area contributed by atoms with Gasteiger partial charge in [-0.1, -0.05) is 30.3 Å². The van der Waals surface area contributed by atoms with Crippen LogP contribution in [0.4, 0.5) is 14.5 Å². The molecule has 2 aromatic rings. The zero-order valence-electron chi connectivity index (χ0n) is 12.1. The molecule has 0 aliphatic heterocycles. The molecule has 0 heterocycles. The number of nitrogens with one attached hydrogen (secondary N) is 2. The first kappa shape index (κ1) is 16.7. The Labute approximate surface area is 131 Å². The van der Waals surface area contributed by atoms with Crippen molar-refractivity contribution < 1.29 is 23.4 Å². The van der Waals surface area contributed by atoms with Crippen LogP contribution in [0.15, 0.2) is 54.6 Å². The summed E-state index contributed by atoms with van der Waals surface area (Å²) >= 11 is 0. The van der Waals surface area contributed by atoms with Crippen LogP contribution in [0.5, 0.6) is 5.75 Å². The van der Waals surface area contributed by atoms with Crippen LogP contribution in [0, 0.1) is 0 Å². The van der Waals surface area contributed by atoms with Gasteiger partial charge in [0.15, 0.2) is 0 Å². The van der Waals surface area contributed by atoms with Crippen LogP contribution in [0.2, 0.25) is 0 Å². The lowest BCUT2D eigenvalue weighted by atomic mass is 10.1. The minimum atomic E-state index is -2.88. The Morgan fingerprint density at radius 3 is 2.35 bits per heavy atom. The number of rotatable bonds is 7. The molecule has 0 fully saturated rings. The van der Waals surface area contributed by atoms with Crippen molar-refractivity contribution in [3.8, 4) is 5.75 Å². The normalized spacial score (nSPS) is 11.8. The lowest BCUT2D eigenvalue weighted by molar-refractivity contribution is -0.122. The summed E-state index contributed by atoms with van der Waals surface area (Å²) in [7, 11) is 0. The number of hydrogen-bond donors (Lipinski definition) is 3. The molecular weight excluding hydrogens is 306 g/mol. The van der Waals surface area contributed by atoms with Crippen LogP contribution in [0.1, 0.15) is 18.1 Å². The van der Waals surface area contributed by atoms with Crippen LogP contribution in [-0.4, -0.2) is 17.6 Å². The summed E-state index contributed by atoms with van der Waals surface area (Å²) in [6.07, 6.45) is -1.01. The van der Waals surface area contributed by atoms with Gasteiger partial charge < -0.3 is 9.84 Å². The van der Waals surface area contributed by atoms with Crippen molar-refractivity contribution in [3.05, 3.63) is 60.2 Å². The Kier molecular flexibility index (Phi) is 5.87.